The minimum atomic E-state index is -4.98. The highest BCUT2D eigenvalue weighted by Gasteiger charge is 2.42. The van der Waals surface area contributed by atoms with Gasteiger partial charge in [0.05, 0.1) is 0 Å². The number of alkyl halides is 3. The summed E-state index contributed by atoms with van der Waals surface area (Å²) in [6.07, 6.45) is -2.52. The summed E-state index contributed by atoms with van der Waals surface area (Å²) in [7, 11) is 0. The Bertz CT molecular complexity index is 581. The molecule has 1 aliphatic carbocycles. The normalized spacial score (nSPS) is 21.2. The number of hydrogen-bond acceptors (Lipinski definition) is 2. The van der Waals surface area contributed by atoms with Crippen LogP contribution in [0.2, 0.25) is 0 Å². The van der Waals surface area contributed by atoms with Crippen LogP contribution in [0.15, 0.2) is 12.1 Å². The van der Waals surface area contributed by atoms with Gasteiger partial charge < -0.3 is 4.74 Å². The summed E-state index contributed by atoms with van der Waals surface area (Å²) < 4.78 is 68.9. The molecule has 0 N–H and O–H groups in total. The minimum absolute atomic E-state index is 0.0582. The zero-order valence-corrected chi connectivity index (χ0v) is 14.0. The predicted octanol–water partition coefficient (Wildman–Crippen LogP) is 5.12. The van der Waals surface area contributed by atoms with Crippen molar-refractivity contribution in [2.24, 2.45) is 5.92 Å². The van der Waals surface area contributed by atoms with E-state index in [0.717, 1.165) is 0 Å². The van der Waals surface area contributed by atoms with Gasteiger partial charge in [-0.15, -0.1) is 0 Å². The number of benzene rings is 1. The smallest absolute Gasteiger partial charge is 0.456 e. The number of rotatable bonds is 5. The van der Waals surface area contributed by atoms with Gasteiger partial charge in [-0.3, -0.25) is 0 Å². The highest BCUT2D eigenvalue weighted by molar-refractivity contribution is 5.75. The maximum atomic E-state index is 14.0. The summed E-state index contributed by atoms with van der Waals surface area (Å²) in [6, 6.07) is 2.68. The third-order valence-electron chi connectivity index (χ3n) is 4.71. The fraction of sp³-hybridized carbons (Fsp3) is 0.611. The number of halogens is 5. The van der Waals surface area contributed by atoms with Crippen LogP contribution in [0.5, 0.6) is 0 Å². The van der Waals surface area contributed by atoms with Crippen molar-refractivity contribution in [1.82, 2.24) is 0 Å². The Labute approximate surface area is 143 Å². The standard InChI is InChI=1S/C18H21F5O2/c1-2-11-9-15(19)14(16(20)10-11)8-5-12-3-6-13(7-4-12)25-17(24)18(21,22)23/h9-10,12-13H,2-8H2,1H3. The van der Waals surface area contributed by atoms with Crippen molar-refractivity contribution in [2.75, 3.05) is 0 Å². The number of aryl methyl sites for hydroxylation is 1. The molecule has 0 spiro atoms. The van der Waals surface area contributed by atoms with Gasteiger partial charge in [0.2, 0.25) is 0 Å². The summed E-state index contributed by atoms with van der Waals surface area (Å²) in [5.74, 6) is -3.10. The molecular formula is C18H21F5O2. The summed E-state index contributed by atoms with van der Waals surface area (Å²) in [6.45, 7) is 1.82. The van der Waals surface area contributed by atoms with Crippen LogP contribution in [0.4, 0.5) is 22.0 Å². The first-order valence-corrected chi connectivity index (χ1v) is 8.45. The van der Waals surface area contributed by atoms with E-state index in [1.165, 1.54) is 12.1 Å². The molecule has 7 heteroatoms. The van der Waals surface area contributed by atoms with E-state index in [0.29, 0.717) is 44.1 Å². The molecule has 1 aliphatic rings. The van der Waals surface area contributed by atoms with E-state index in [1.807, 2.05) is 6.92 Å². The average Bonchev–Trinajstić information content (AvgIpc) is 2.54. The molecule has 1 aromatic carbocycles. The van der Waals surface area contributed by atoms with E-state index in [-0.39, 0.29) is 17.9 Å². The zero-order chi connectivity index (χ0) is 18.6. The highest BCUT2D eigenvalue weighted by Crippen LogP contribution is 2.31. The third kappa shape index (κ3) is 5.41. The number of ether oxygens (including phenoxy) is 1. The SMILES string of the molecule is CCc1cc(F)c(CCC2CCC(OC(=O)C(F)(F)F)CC2)c(F)c1. The molecule has 2 nitrogen and oxygen atoms in total. The molecule has 0 aliphatic heterocycles. The lowest BCUT2D eigenvalue weighted by Crippen LogP contribution is -2.32. The van der Waals surface area contributed by atoms with Crippen molar-refractivity contribution in [3.8, 4) is 0 Å². The van der Waals surface area contributed by atoms with Crippen LogP contribution in [-0.4, -0.2) is 18.2 Å². The van der Waals surface area contributed by atoms with Gasteiger partial charge >= 0.3 is 12.1 Å². The van der Waals surface area contributed by atoms with Gasteiger partial charge in [-0.1, -0.05) is 6.92 Å². The number of carbonyl (C=O) groups excluding carboxylic acids is 1. The first kappa shape index (κ1) is 19.7. The van der Waals surface area contributed by atoms with Gasteiger partial charge in [0.25, 0.3) is 0 Å². The van der Waals surface area contributed by atoms with Gasteiger partial charge in [0.1, 0.15) is 17.7 Å². The molecule has 0 saturated heterocycles. The van der Waals surface area contributed by atoms with Crippen molar-refractivity contribution < 1.29 is 31.5 Å². The van der Waals surface area contributed by atoms with Gasteiger partial charge in [-0.05, 0) is 68.6 Å². The highest BCUT2D eigenvalue weighted by atomic mass is 19.4. The lowest BCUT2D eigenvalue weighted by molar-refractivity contribution is -0.206. The van der Waals surface area contributed by atoms with E-state index in [4.69, 9.17) is 0 Å². The molecule has 0 aromatic heterocycles. The summed E-state index contributed by atoms with van der Waals surface area (Å²) in [5, 5.41) is 0. The molecule has 0 radical (unpaired) electrons. The Kier molecular flexibility index (Phi) is 6.41. The third-order valence-corrected chi connectivity index (χ3v) is 4.71. The molecule has 1 aromatic rings. The molecule has 0 unspecified atom stereocenters. The lowest BCUT2D eigenvalue weighted by atomic mass is 9.83. The van der Waals surface area contributed by atoms with Gasteiger partial charge in [-0.2, -0.15) is 13.2 Å². The van der Waals surface area contributed by atoms with Crippen LogP contribution in [0.1, 0.15) is 50.2 Å². The van der Waals surface area contributed by atoms with Crippen molar-refractivity contribution in [2.45, 2.75) is 64.1 Å². The van der Waals surface area contributed by atoms with Crippen LogP contribution in [0, 0.1) is 17.6 Å². The Hall–Kier alpha value is -1.66. The molecular weight excluding hydrogens is 343 g/mol. The Morgan fingerprint density at radius 3 is 2.16 bits per heavy atom. The van der Waals surface area contributed by atoms with Gasteiger partial charge in [0, 0.05) is 5.56 Å². The maximum absolute atomic E-state index is 14.0. The van der Waals surface area contributed by atoms with E-state index in [2.05, 4.69) is 4.74 Å². The zero-order valence-electron chi connectivity index (χ0n) is 14.0. The topological polar surface area (TPSA) is 26.3 Å². The van der Waals surface area contributed by atoms with Crippen molar-refractivity contribution in [3.05, 3.63) is 34.9 Å². The summed E-state index contributed by atoms with van der Waals surface area (Å²) >= 11 is 0. The van der Waals surface area contributed by atoms with Crippen LogP contribution in [0.25, 0.3) is 0 Å². The van der Waals surface area contributed by atoms with Crippen LogP contribution >= 0.6 is 0 Å². The lowest BCUT2D eigenvalue weighted by Gasteiger charge is -2.28. The molecule has 140 valence electrons. The molecule has 0 heterocycles. The van der Waals surface area contributed by atoms with E-state index in [1.54, 1.807) is 0 Å². The first-order valence-electron chi connectivity index (χ1n) is 8.45. The quantitative estimate of drug-likeness (QED) is 0.535. The van der Waals surface area contributed by atoms with E-state index < -0.39 is 29.9 Å². The summed E-state index contributed by atoms with van der Waals surface area (Å²) in [4.78, 5) is 10.8. The van der Waals surface area contributed by atoms with Crippen LogP contribution < -0.4 is 0 Å². The molecule has 0 bridgehead atoms. The number of carbonyl (C=O) groups is 1. The van der Waals surface area contributed by atoms with E-state index in [9.17, 15) is 26.7 Å². The Morgan fingerprint density at radius 2 is 1.68 bits per heavy atom. The van der Waals surface area contributed by atoms with Crippen LogP contribution in [-0.2, 0) is 22.4 Å². The monoisotopic (exact) mass is 364 g/mol. The maximum Gasteiger partial charge on any atom is 0.490 e. The van der Waals surface area contributed by atoms with Crippen LogP contribution in [0.3, 0.4) is 0 Å². The largest absolute Gasteiger partial charge is 0.490 e. The molecule has 1 saturated carbocycles. The predicted molar refractivity (Wildman–Crippen MR) is 82.0 cm³/mol. The Morgan fingerprint density at radius 1 is 1.12 bits per heavy atom. The summed E-state index contributed by atoms with van der Waals surface area (Å²) in [5.41, 5.74) is 0.661. The first-order chi connectivity index (χ1) is 11.7. The molecule has 25 heavy (non-hydrogen) atoms. The average molecular weight is 364 g/mol. The Balaban J connectivity index is 1.82. The van der Waals surface area contributed by atoms with Gasteiger partial charge in [-0.25, -0.2) is 13.6 Å². The van der Waals surface area contributed by atoms with Crippen molar-refractivity contribution in [1.29, 1.82) is 0 Å². The number of hydrogen-bond donors (Lipinski definition) is 0. The second kappa shape index (κ2) is 8.15. The second-order valence-electron chi connectivity index (χ2n) is 6.48. The molecule has 1 fully saturated rings. The van der Waals surface area contributed by atoms with Gasteiger partial charge in [0.15, 0.2) is 0 Å². The fourth-order valence-corrected chi connectivity index (χ4v) is 3.20. The minimum Gasteiger partial charge on any atom is -0.456 e. The molecule has 0 amide bonds. The van der Waals surface area contributed by atoms with Crippen molar-refractivity contribution in [3.63, 3.8) is 0 Å². The van der Waals surface area contributed by atoms with E-state index >= 15 is 0 Å². The fourth-order valence-electron chi connectivity index (χ4n) is 3.20. The molecule has 0 atom stereocenters. The number of esters is 1. The second-order valence-corrected chi connectivity index (χ2v) is 6.48. The van der Waals surface area contributed by atoms with Crippen molar-refractivity contribution >= 4 is 5.97 Å². The molecule has 2 rings (SSSR count).